The largest absolute Gasteiger partial charge is 0.490 e. The fraction of sp³-hybridized carbons (Fsp3) is 0.235. The molecular formula is C17H16Cl2O5. The van der Waals surface area contributed by atoms with Gasteiger partial charge in [0.2, 0.25) is 0 Å². The van der Waals surface area contributed by atoms with Gasteiger partial charge in [-0.05, 0) is 31.2 Å². The Kier molecular flexibility index (Phi) is 6.58. The van der Waals surface area contributed by atoms with Crippen LogP contribution in [0.3, 0.4) is 0 Å². The van der Waals surface area contributed by atoms with E-state index in [0.717, 1.165) is 0 Å². The van der Waals surface area contributed by atoms with Crippen LogP contribution in [0.2, 0.25) is 10.0 Å². The first-order valence-corrected chi connectivity index (χ1v) is 7.98. The molecule has 0 bridgehead atoms. The first kappa shape index (κ1) is 18.2. The van der Waals surface area contributed by atoms with E-state index in [0.29, 0.717) is 17.4 Å². The first-order chi connectivity index (χ1) is 11.5. The standard InChI is InChI=1S/C17H16Cl2O5/c1-2-22-15-10-11(17(20)21)9-13(19)16(15)24-8-7-23-14-6-4-3-5-12(14)18/h3-6,9-10H,2,7-8H2,1H3,(H,20,21). The second-order valence-corrected chi connectivity index (χ2v) is 5.47. The van der Waals surface area contributed by atoms with E-state index in [1.54, 1.807) is 19.1 Å². The Bertz CT molecular complexity index is 718. The molecule has 0 saturated heterocycles. The molecule has 0 aliphatic rings. The molecule has 0 aliphatic heterocycles. The Hall–Kier alpha value is -2.11. The van der Waals surface area contributed by atoms with Crippen molar-refractivity contribution in [2.75, 3.05) is 19.8 Å². The Balaban J connectivity index is 2.03. The zero-order valence-electron chi connectivity index (χ0n) is 12.9. The summed E-state index contributed by atoms with van der Waals surface area (Å²) in [4.78, 5) is 11.1. The lowest BCUT2D eigenvalue weighted by Crippen LogP contribution is -2.11. The van der Waals surface area contributed by atoms with Gasteiger partial charge in [0.25, 0.3) is 0 Å². The van der Waals surface area contributed by atoms with Crippen molar-refractivity contribution in [2.24, 2.45) is 0 Å². The van der Waals surface area contributed by atoms with Gasteiger partial charge >= 0.3 is 5.97 Å². The summed E-state index contributed by atoms with van der Waals surface area (Å²) in [5.41, 5.74) is 0.0307. The van der Waals surface area contributed by atoms with Crippen molar-refractivity contribution in [1.29, 1.82) is 0 Å². The monoisotopic (exact) mass is 370 g/mol. The normalized spacial score (nSPS) is 10.3. The molecule has 0 aliphatic carbocycles. The highest BCUT2D eigenvalue weighted by molar-refractivity contribution is 6.32. The van der Waals surface area contributed by atoms with E-state index >= 15 is 0 Å². The van der Waals surface area contributed by atoms with Crippen molar-refractivity contribution in [3.8, 4) is 17.2 Å². The Morgan fingerprint density at radius 1 is 1.00 bits per heavy atom. The Morgan fingerprint density at radius 2 is 1.71 bits per heavy atom. The number of carboxylic acid groups (broad SMARTS) is 1. The number of carboxylic acids is 1. The van der Waals surface area contributed by atoms with E-state index in [9.17, 15) is 4.79 Å². The first-order valence-electron chi connectivity index (χ1n) is 7.22. The summed E-state index contributed by atoms with van der Waals surface area (Å²) in [6.07, 6.45) is 0. The Labute approximate surface area is 149 Å². The summed E-state index contributed by atoms with van der Waals surface area (Å²) in [6.45, 7) is 2.57. The molecule has 0 aromatic heterocycles. The fourth-order valence-corrected chi connectivity index (χ4v) is 2.41. The van der Waals surface area contributed by atoms with Crippen molar-refractivity contribution in [2.45, 2.75) is 6.92 Å². The van der Waals surface area contributed by atoms with Gasteiger partial charge < -0.3 is 19.3 Å². The summed E-state index contributed by atoms with van der Waals surface area (Å²) in [5, 5.41) is 9.75. The number of ether oxygens (including phenoxy) is 3. The van der Waals surface area contributed by atoms with Crippen LogP contribution in [0.1, 0.15) is 17.3 Å². The minimum atomic E-state index is -1.09. The highest BCUT2D eigenvalue weighted by Crippen LogP contribution is 2.36. The lowest BCUT2D eigenvalue weighted by atomic mass is 10.2. The quantitative estimate of drug-likeness (QED) is 0.690. The highest BCUT2D eigenvalue weighted by atomic mass is 35.5. The van der Waals surface area contributed by atoms with E-state index in [1.807, 2.05) is 12.1 Å². The molecule has 0 amide bonds. The third kappa shape index (κ3) is 4.69. The molecule has 2 aromatic rings. The van der Waals surface area contributed by atoms with Crippen LogP contribution in [0.5, 0.6) is 17.2 Å². The molecular weight excluding hydrogens is 355 g/mol. The third-order valence-electron chi connectivity index (χ3n) is 2.98. The van der Waals surface area contributed by atoms with Crippen LogP contribution in [0.4, 0.5) is 0 Å². The number of rotatable bonds is 8. The summed E-state index contributed by atoms with van der Waals surface area (Å²) in [5.74, 6) is 0.0259. The minimum absolute atomic E-state index is 0.0307. The number of aromatic carboxylic acids is 1. The molecule has 0 radical (unpaired) electrons. The fourth-order valence-electron chi connectivity index (χ4n) is 1.95. The van der Waals surface area contributed by atoms with E-state index in [4.69, 9.17) is 42.5 Å². The van der Waals surface area contributed by atoms with Gasteiger partial charge in [0.05, 0.1) is 22.2 Å². The average Bonchev–Trinajstić information content (AvgIpc) is 2.54. The summed E-state index contributed by atoms with van der Waals surface area (Å²) < 4.78 is 16.5. The topological polar surface area (TPSA) is 65.0 Å². The molecule has 2 aromatic carbocycles. The number of para-hydroxylation sites is 1. The van der Waals surface area contributed by atoms with Gasteiger partial charge in [0, 0.05) is 0 Å². The second kappa shape index (κ2) is 8.66. The molecule has 2 rings (SSSR count). The molecule has 0 fully saturated rings. The van der Waals surface area contributed by atoms with Crippen molar-refractivity contribution in [3.63, 3.8) is 0 Å². The lowest BCUT2D eigenvalue weighted by molar-refractivity contribution is 0.0696. The predicted octanol–water partition coefficient (Wildman–Crippen LogP) is 4.55. The number of hydrogen-bond donors (Lipinski definition) is 1. The van der Waals surface area contributed by atoms with Crippen LogP contribution >= 0.6 is 23.2 Å². The van der Waals surface area contributed by atoms with Crippen LogP contribution in [-0.2, 0) is 0 Å². The number of hydrogen-bond acceptors (Lipinski definition) is 4. The van der Waals surface area contributed by atoms with Crippen molar-refractivity contribution in [1.82, 2.24) is 0 Å². The maximum absolute atomic E-state index is 11.1. The molecule has 0 unspecified atom stereocenters. The van der Waals surface area contributed by atoms with Gasteiger partial charge in [-0.2, -0.15) is 0 Å². The van der Waals surface area contributed by atoms with E-state index in [-0.39, 0.29) is 35.3 Å². The van der Waals surface area contributed by atoms with Crippen LogP contribution in [0.25, 0.3) is 0 Å². The predicted molar refractivity (Wildman–Crippen MR) is 92.0 cm³/mol. The van der Waals surface area contributed by atoms with Gasteiger partial charge in [-0.25, -0.2) is 4.79 Å². The van der Waals surface area contributed by atoms with Gasteiger partial charge in [-0.1, -0.05) is 35.3 Å². The number of carbonyl (C=O) groups is 1. The number of benzene rings is 2. The lowest BCUT2D eigenvalue weighted by Gasteiger charge is -2.15. The minimum Gasteiger partial charge on any atom is -0.490 e. The van der Waals surface area contributed by atoms with Gasteiger partial charge in [-0.3, -0.25) is 0 Å². The maximum Gasteiger partial charge on any atom is 0.335 e. The van der Waals surface area contributed by atoms with Gasteiger partial charge in [0.1, 0.15) is 19.0 Å². The number of halogens is 2. The molecule has 24 heavy (non-hydrogen) atoms. The zero-order chi connectivity index (χ0) is 17.5. The SMILES string of the molecule is CCOc1cc(C(=O)O)cc(Cl)c1OCCOc1ccccc1Cl. The van der Waals surface area contributed by atoms with Crippen LogP contribution in [0, 0.1) is 0 Å². The molecule has 128 valence electrons. The van der Waals surface area contributed by atoms with Crippen molar-refractivity contribution >= 4 is 29.2 Å². The van der Waals surface area contributed by atoms with E-state index in [1.165, 1.54) is 12.1 Å². The van der Waals surface area contributed by atoms with Gasteiger partial charge in [-0.15, -0.1) is 0 Å². The molecule has 0 spiro atoms. The van der Waals surface area contributed by atoms with Crippen LogP contribution in [0.15, 0.2) is 36.4 Å². The molecule has 0 atom stereocenters. The van der Waals surface area contributed by atoms with Gasteiger partial charge in [0.15, 0.2) is 11.5 Å². The molecule has 7 heteroatoms. The average molecular weight is 371 g/mol. The molecule has 5 nitrogen and oxygen atoms in total. The zero-order valence-corrected chi connectivity index (χ0v) is 14.4. The highest BCUT2D eigenvalue weighted by Gasteiger charge is 2.16. The van der Waals surface area contributed by atoms with Crippen LogP contribution < -0.4 is 14.2 Å². The summed E-state index contributed by atoms with van der Waals surface area (Å²) in [6, 6.07) is 9.80. The molecule has 0 saturated carbocycles. The summed E-state index contributed by atoms with van der Waals surface area (Å²) >= 11 is 12.1. The van der Waals surface area contributed by atoms with Crippen molar-refractivity contribution < 1.29 is 24.1 Å². The van der Waals surface area contributed by atoms with E-state index in [2.05, 4.69) is 0 Å². The molecule has 0 heterocycles. The maximum atomic E-state index is 11.1. The Morgan fingerprint density at radius 3 is 2.38 bits per heavy atom. The third-order valence-corrected chi connectivity index (χ3v) is 3.57. The summed E-state index contributed by atoms with van der Waals surface area (Å²) in [7, 11) is 0. The van der Waals surface area contributed by atoms with E-state index < -0.39 is 5.97 Å². The molecule has 1 N–H and O–H groups in total. The van der Waals surface area contributed by atoms with Crippen LogP contribution in [-0.4, -0.2) is 30.9 Å². The van der Waals surface area contributed by atoms with Crippen molar-refractivity contribution in [3.05, 3.63) is 52.0 Å². The smallest absolute Gasteiger partial charge is 0.335 e. The second-order valence-electron chi connectivity index (χ2n) is 4.65.